The van der Waals surface area contributed by atoms with Crippen LogP contribution in [-0.2, 0) is 11.2 Å². The fourth-order valence-corrected chi connectivity index (χ4v) is 3.49. The molecule has 0 fully saturated rings. The zero-order valence-electron chi connectivity index (χ0n) is 13.9. The van der Waals surface area contributed by atoms with Crippen molar-refractivity contribution in [3.63, 3.8) is 0 Å². The number of rotatable bonds is 6. The maximum absolute atomic E-state index is 11.8. The van der Waals surface area contributed by atoms with Crippen LogP contribution >= 0.6 is 11.3 Å². The van der Waals surface area contributed by atoms with Crippen molar-refractivity contribution in [1.29, 1.82) is 0 Å². The fourth-order valence-electron chi connectivity index (χ4n) is 2.42. The van der Waals surface area contributed by atoms with E-state index in [0.717, 1.165) is 12.0 Å². The number of methoxy groups -OCH3 is 2. The highest BCUT2D eigenvalue weighted by Crippen LogP contribution is 2.40. The fraction of sp³-hybridized carbons (Fsp3) is 0.375. The third-order valence-corrected chi connectivity index (χ3v) is 4.65. The zero-order chi connectivity index (χ0) is 17.9. The minimum atomic E-state index is -0.450. The van der Waals surface area contributed by atoms with Gasteiger partial charge in [-0.3, -0.25) is 10.1 Å². The van der Waals surface area contributed by atoms with Crippen LogP contribution in [0.3, 0.4) is 0 Å². The van der Waals surface area contributed by atoms with Crippen molar-refractivity contribution >= 4 is 23.0 Å². The quantitative estimate of drug-likeness (QED) is 0.447. The van der Waals surface area contributed by atoms with Crippen molar-refractivity contribution < 1.29 is 19.2 Å². The SMILES string of the molecule is CCCc1cc([N+](=O)[O-])cc(OC)c1-c1nc(C)c(C(=O)OC)s1. The molecule has 0 spiro atoms. The lowest BCUT2D eigenvalue weighted by atomic mass is 10.0. The van der Waals surface area contributed by atoms with Gasteiger partial charge >= 0.3 is 5.97 Å². The molecule has 2 aromatic rings. The summed E-state index contributed by atoms with van der Waals surface area (Å²) in [6.45, 7) is 3.71. The van der Waals surface area contributed by atoms with Gasteiger partial charge in [0.2, 0.25) is 0 Å². The van der Waals surface area contributed by atoms with Gasteiger partial charge in [-0.15, -0.1) is 11.3 Å². The molecule has 1 heterocycles. The van der Waals surface area contributed by atoms with E-state index >= 15 is 0 Å². The molecule has 0 bridgehead atoms. The number of nitrogens with zero attached hydrogens (tertiary/aromatic N) is 2. The van der Waals surface area contributed by atoms with Crippen LogP contribution in [0.15, 0.2) is 12.1 Å². The second kappa shape index (κ2) is 7.39. The standard InChI is InChI=1S/C16H18N2O5S/c1-5-6-10-7-11(18(20)21)8-12(22-3)13(10)15-17-9(2)14(24-15)16(19)23-4/h7-8H,5-6H2,1-4H3. The minimum Gasteiger partial charge on any atom is -0.496 e. The van der Waals surface area contributed by atoms with E-state index in [4.69, 9.17) is 9.47 Å². The Morgan fingerprint density at radius 1 is 1.38 bits per heavy atom. The second-order valence-electron chi connectivity index (χ2n) is 5.11. The molecule has 1 aromatic carbocycles. The van der Waals surface area contributed by atoms with Gasteiger partial charge in [-0.2, -0.15) is 0 Å². The van der Waals surface area contributed by atoms with Gasteiger partial charge in [0, 0.05) is 6.07 Å². The van der Waals surface area contributed by atoms with Gasteiger partial charge in [-0.05, 0) is 18.9 Å². The number of aryl methyl sites for hydroxylation is 2. The Morgan fingerprint density at radius 2 is 2.08 bits per heavy atom. The maximum Gasteiger partial charge on any atom is 0.349 e. The van der Waals surface area contributed by atoms with Gasteiger partial charge in [-0.1, -0.05) is 13.3 Å². The Labute approximate surface area is 143 Å². The Balaban J connectivity index is 2.68. The molecule has 24 heavy (non-hydrogen) atoms. The number of hydrogen-bond acceptors (Lipinski definition) is 7. The molecule has 0 saturated carbocycles. The minimum absolute atomic E-state index is 0.0273. The van der Waals surface area contributed by atoms with Gasteiger partial charge in [0.25, 0.3) is 5.69 Å². The molecule has 1 aromatic heterocycles. The number of nitro benzene ring substituents is 1. The monoisotopic (exact) mass is 350 g/mol. The van der Waals surface area contributed by atoms with Crippen LogP contribution in [0.4, 0.5) is 5.69 Å². The molecule has 0 unspecified atom stereocenters. The van der Waals surface area contributed by atoms with Crippen LogP contribution in [0.2, 0.25) is 0 Å². The average molecular weight is 350 g/mol. The number of carbonyl (C=O) groups is 1. The van der Waals surface area contributed by atoms with Crippen LogP contribution in [0, 0.1) is 17.0 Å². The summed E-state index contributed by atoms with van der Waals surface area (Å²) < 4.78 is 10.1. The predicted octanol–water partition coefficient (Wildman–Crippen LogP) is 3.77. The zero-order valence-corrected chi connectivity index (χ0v) is 14.7. The molecule has 2 rings (SSSR count). The van der Waals surface area contributed by atoms with E-state index in [1.165, 1.54) is 37.7 Å². The van der Waals surface area contributed by atoms with Crippen molar-refractivity contribution in [2.45, 2.75) is 26.7 Å². The molecular formula is C16H18N2O5S. The molecule has 0 aliphatic heterocycles. The molecule has 0 atom stereocenters. The van der Waals surface area contributed by atoms with Crippen LogP contribution in [0.5, 0.6) is 5.75 Å². The third kappa shape index (κ3) is 3.38. The van der Waals surface area contributed by atoms with Crippen LogP contribution in [0.25, 0.3) is 10.6 Å². The highest BCUT2D eigenvalue weighted by atomic mass is 32.1. The lowest BCUT2D eigenvalue weighted by Gasteiger charge is -2.11. The van der Waals surface area contributed by atoms with E-state index < -0.39 is 10.9 Å². The van der Waals surface area contributed by atoms with Crippen molar-refractivity contribution in [2.24, 2.45) is 0 Å². The van der Waals surface area contributed by atoms with E-state index in [-0.39, 0.29) is 5.69 Å². The lowest BCUT2D eigenvalue weighted by Crippen LogP contribution is -1.99. The molecule has 128 valence electrons. The maximum atomic E-state index is 11.8. The number of carbonyl (C=O) groups excluding carboxylic acids is 1. The number of nitro groups is 1. The summed E-state index contributed by atoms with van der Waals surface area (Å²) in [6, 6.07) is 2.92. The summed E-state index contributed by atoms with van der Waals surface area (Å²) >= 11 is 1.19. The van der Waals surface area contributed by atoms with E-state index in [0.29, 0.717) is 33.3 Å². The molecule has 0 radical (unpaired) electrons. The average Bonchev–Trinajstić information content (AvgIpc) is 2.94. The van der Waals surface area contributed by atoms with Gasteiger partial charge < -0.3 is 9.47 Å². The van der Waals surface area contributed by atoms with Gasteiger partial charge in [-0.25, -0.2) is 9.78 Å². The molecular weight excluding hydrogens is 332 g/mol. The number of hydrogen-bond donors (Lipinski definition) is 0. The molecule has 0 saturated heterocycles. The predicted molar refractivity (Wildman–Crippen MR) is 90.8 cm³/mol. The van der Waals surface area contributed by atoms with E-state index in [9.17, 15) is 14.9 Å². The normalized spacial score (nSPS) is 10.5. The van der Waals surface area contributed by atoms with Crippen LogP contribution in [0.1, 0.15) is 34.3 Å². The summed E-state index contributed by atoms with van der Waals surface area (Å²) in [5.74, 6) is -0.0769. The van der Waals surface area contributed by atoms with Gasteiger partial charge in [0.05, 0.1) is 36.5 Å². The molecule has 7 nitrogen and oxygen atoms in total. The van der Waals surface area contributed by atoms with Crippen LogP contribution < -0.4 is 4.74 Å². The number of ether oxygens (including phenoxy) is 2. The summed E-state index contributed by atoms with van der Waals surface area (Å²) in [5.41, 5.74) is 1.99. The molecule has 0 amide bonds. The topological polar surface area (TPSA) is 91.6 Å². The Hall–Kier alpha value is -2.48. The number of thiazole rings is 1. The highest BCUT2D eigenvalue weighted by Gasteiger charge is 2.23. The molecule has 0 N–H and O–H groups in total. The summed E-state index contributed by atoms with van der Waals surface area (Å²) in [5, 5.41) is 11.7. The van der Waals surface area contributed by atoms with Gasteiger partial charge in [0.15, 0.2) is 0 Å². The van der Waals surface area contributed by atoms with Crippen LogP contribution in [-0.4, -0.2) is 30.1 Å². The first kappa shape index (κ1) is 17.9. The molecule has 0 aliphatic rings. The number of aromatic nitrogens is 1. The highest BCUT2D eigenvalue weighted by molar-refractivity contribution is 7.17. The second-order valence-corrected chi connectivity index (χ2v) is 6.11. The summed E-state index contributed by atoms with van der Waals surface area (Å²) in [6.07, 6.45) is 1.45. The molecule has 0 aliphatic carbocycles. The van der Waals surface area contributed by atoms with Gasteiger partial charge in [0.1, 0.15) is 15.6 Å². The van der Waals surface area contributed by atoms with Crippen molar-refractivity contribution in [2.75, 3.05) is 14.2 Å². The Kier molecular flexibility index (Phi) is 5.50. The largest absolute Gasteiger partial charge is 0.496 e. The summed E-state index contributed by atoms with van der Waals surface area (Å²) in [7, 11) is 2.77. The van der Waals surface area contributed by atoms with E-state index in [1.807, 2.05) is 6.92 Å². The van der Waals surface area contributed by atoms with Crippen molar-refractivity contribution in [3.8, 4) is 16.3 Å². The van der Waals surface area contributed by atoms with Crippen molar-refractivity contribution in [1.82, 2.24) is 4.98 Å². The lowest BCUT2D eigenvalue weighted by molar-refractivity contribution is -0.385. The Bertz CT molecular complexity index is 785. The number of benzene rings is 1. The van der Waals surface area contributed by atoms with Crippen molar-refractivity contribution in [3.05, 3.63) is 38.4 Å². The molecule has 8 heteroatoms. The third-order valence-electron chi connectivity index (χ3n) is 3.50. The smallest absolute Gasteiger partial charge is 0.349 e. The first-order valence-electron chi connectivity index (χ1n) is 7.34. The number of esters is 1. The van der Waals surface area contributed by atoms with E-state index in [2.05, 4.69) is 4.98 Å². The first-order chi connectivity index (χ1) is 11.4. The Morgan fingerprint density at radius 3 is 2.62 bits per heavy atom. The first-order valence-corrected chi connectivity index (χ1v) is 8.15. The number of non-ortho nitro benzene ring substituents is 1. The van der Waals surface area contributed by atoms with E-state index in [1.54, 1.807) is 6.92 Å². The summed E-state index contributed by atoms with van der Waals surface area (Å²) in [4.78, 5) is 27.4.